The Morgan fingerprint density at radius 2 is 2.18 bits per heavy atom. The molecule has 1 atom stereocenters. The summed E-state index contributed by atoms with van der Waals surface area (Å²) in [5.74, 6) is -0.355. The molecule has 2 amide bonds. The molecule has 1 saturated heterocycles. The van der Waals surface area contributed by atoms with Gasteiger partial charge in [0, 0.05) is 32.7 Å². The molecular formula is C14H17N5O3. The van der Waals surface area contributed by atoms with Crippen LogP contribution in [0.2, 0.25) is 0 Å². The van der Waals surface area contributed by atoms with E-state index < -0.39 is 6.09 Å². The quantitative estimate of drug-likeness (QED) is 0.823. The van der Waals surface area contributed by atoms with Gasteiger partial charge in [0.1, 0.15) is 11.8 Å². The van der Waals surface area contributed by atoms with Crippen LogP contribution in [0.1, 0.15) is 23.1 Å². The van der Waals surface area contributed by atoms with Gasteiger partial charge in [-0.3, -0.25) is 4.79 Å². The summed E-state index contributed by atoms with van der Waals surface area (Å²) in [6, 6.07) is 5.17. The third-order valence-electron chi connectivity index (χ3n) is 3.65. The predicted molar refractivity (Wildman–Crippen MR) is 78.7 cm³/mol. The number of nitriles is 1. The third-order valence-corrected chi connectivity index (χ3v) is 3.65. The number of nitrogens with one attached hydrogen (secondary N) is 1. The molecule has 1 fully saturated rings. The predicted octanol–water partition coefficient (Wildman–Crippen LogP) is 0.501. The number of rotatable bonds is 2. The summed E-state index contributed by atoms with van der Waals surface area (Å²) in [5, 5.41) is 20.8. The minimum Gasteiger partial charge on any atom is -0.465 e. The second-order valence-electron chi connectivity index (χ2n) is 5.03. The average Bonchev–Trinajstić information content (AvgIpc) is 2.53. The Balaban J connectivity index is 2.28. The number of hydrogen-bond donors (Lipinski definition) is 2. The molecule has 8 heteroatoms. The zero-order chi connectivity index (χ0) is 16.3. The Labute approximate surface area is 128 Å². The van der Waals surface area contributed by atoms with Gasteiger partial charge in [-0.25, -0.2) is 9.78 Å². The van der Waals surface area contributed by atoms with Crippen LogP contribution < -0.4 is 10.2 Å². The number of carbonyl (C=O) groups excluding carboxylic acids is 1. The topological polar surface area (TPSA) is 110 Å². The van der Waals surface area contributed by atoms with E-state index in [-0.39, 0.29) is 23.3 Å². The molecule has 0 aliphatic carbocycles. The molecule has 2 N–H and O–H groups in total. The molecule has 0 spiro atoms. The van der Waals surface area contributed by atoms with Crippen molar-refractivity contribution in [2.45, 2.75) is 13.0 Å². The van der Waals surface area contributed by atoms with E-state index in [1.165, 1.54) is 11.9 Å². The standard InChI is InChI=1S/C14H17N5O3/c1-9-8-18(14(21)22)5-6-19(9)12-4-3-10(13(20)16-2)17-11(12)7-15/h3-4,9H,5-6,8H2,1-2H3,(H,16,20)(H,21,22)/t9-/m1/s1. The van der Waals surface area contributed by atoms with Crippen molar-refractivity contribution in [1.82, 2.24) is 15.2 Å². The molecule has 0 radical (unpaired) electrons. The van der Waals surface area contributed by atoms with Crippen molar-refractivity contribution in [1.29, 1.82) is 5.26 Å². The molecular weight excluding hydrogens is 286 g/mol. The van der Waals surface area contributed by atoms with Gasteiger partial charge in [0.25, 0.3) is 5.91 Å². The van der Waals surface area contributed by atoms with Gasteiger partial charge in [-0.15, -0.1) is 0 Å². The molecule has 116 valence electrons. The number of hydrogen-bond acceptors (Lipinski definition) is 5. The Hall–Kier alpha value is -2.82. The first-order valence-corrected chi connectivity index (χ1v) is 6.85. The van der Waals surface area contributed by atoms with Crippen LogP contribution in [0.25, 0.3) is 0 Å². The van der Waals surface area contributed by atoms with E-state index in [4.69, 9.17) is 5.11 Å². The first-order chi connectivity index (χ1) is 10.5. The van der Waals surface area contributed by atoms with E-state index in [2.05, 4.69) is 10.3 Å². The number of amides is 2. The lowest BCUT2D eigenvalue weighted by Gasteiger charge is -2.40. The average molecular weight is 303 g/mol. The van der Waals surface area contributed by atoms with E-state index >= 15 is 0 Å². The highest BCUT2D eigenvalue weighted by Gasteiger charge is 2.28. The van der Waals surface area contributed by atoms with Crippen LogP contribution in [-0.4, -0.2) is 59.7 Å². The lowest BCUT2D eigenvalue weighted by atomic mass is 10.1. The molecule has 2 rings (SSSR count). The second kappa shape index (κ2) is 6.30. The monoisotopic (exact) mass is 303 g/mol. The SMILES string of the molecule is CNC(=O)c1ccc(N2CCN(C(=O)O)C[C@H]2C)c(C#N)n1. The van der Waals surface area contributed by atoms with Crippen molar-refractivity contribution in [2.24, 2.45) is 0 Å². The third kappa shape index (κ3) is 2.93. The molecule has 22 heavy (non-hydrogen) atoms. The van der Waals surface area contributed by atoms with Crippen molar-refractivity contribution < 1.29 is 14.7 Å². The Bertz CT molecular complexity index is 640. The van der Waals surface area contributed by atoms with Gasteiger partial charge in [0.2, 0.25) is 0 Å². The van der Waals surface area contributed by atoms with Gasteiger partial charge >= 0.3 is 6.09 Å². The van der Waals surface area contributed by atoms with Gasteiger partial charge < -0.3 is 20.2 Å². The summed E-state index contributed by atoms with van der Waals surface area (Å²) in [6.45, 7) is 3.09. The summed E-state index contributed by atoms with van der Waals surface area (Å²) in [6.07, 6.45) is -0.944. The van der Waals surface area contributed by atoms with E-state index in [9.17, 15) is 14.9 Å². The highest BCUT2D eigenvalue weighted by Crippen LogP contribution is 2.24. The number of aromatic nitrogens is 1. The van der Waals surface area contributed by atoms with Gasteiger partial charge in [-0.1, -0.05) is 0 Å². The molecule has 8 nitrogen and oxygen atoms in total. The summed E-state index contributed by atoms with van der Waals surface area (Å²) >= 11 is 0. The zero-order valence-corrected chi connectivity index (χ0v) is 12.4. The fraction of sp³-hybridized carbons (Fsp3) is 0.429. The highest BCUT2D eigenvalue weighted by molar-refractivity contribution is 5.92. The normalized spacial score (nSPS) is 17.8. The molecule has 1 aromatic rings. The molecule has 1 aromatic heterocycles. The molecule has 1 aliphatic rings. The van der Waals surface area contributed by atoms with Crippen molar-refractivity contribution in [3.8, 4) is 6.07 Å². The smallest absolute Gasteiger partial charge is 0.407 e. The maximum atomic E-state index is 11.6. The fourth-order valence-electron chi connectivity index (χ4n) is 2.51. The number of nitrogens with zero attached hydrogens (tertiary/aromatic N) is 4. The Kier molecular flexibility index (Phi) is 4.46. The van der Waals surface area contributed by atoms with Crippen molar-refractivity contribution in [3.63, 3.8) is 0 Å². The van der Waals surface area contributed by atoms with Gasteiger partial charge in [0.05, 0.1) is 5.69 Å². The number of carbonyl (C=O) groups is 2. The summed E-state index contributed by atoms with van der Waals surface area (Å²) in [5.41, 5.74) is 0.962. The van der Waals surface area contributed by atoms with Gasteiger partial charge in [-0.05, 0) is 19.1 Å². The summed E-state index contributed by atoms with van der Waals surface area (Å²) in [4.78, 5) is 30.0. The van der Waals surface area contributed by atoms with Crippen LogP contribution in [0.15, 0.2) is 12.1 Å². The number of pyridine rings is 1. The minimum absolute atomic E-state index is 0.0791. The first-order valence-electron chi connectivity index (χ1n) is 6.85. The number of carboxylic acid groups (broad SMARTS) is 1. The van der Waals surface area contributed by atoms with Crippen LogP contribution in [0.3, 0.4) is 0 Å². The van der Waals surface area contributed by atoms with Crippen LogP contribution >= 0.6 is 0 Å². The molecule has 2 heterocycles. The highest BCUT2D eigenvalue weighted by atomic mass is 16.4. The first kappa shape index (κ1) is 15.6. The molecule has 0 bridgehead atoms. The maximum absolute atomic E-state index is 11.6. The molecule has 0 unspecified atom stereocenters. The van der Waals surface area contributed by atoms with Crippen LogP contribution in [0.5, 0.6) is 0 Å². The molecule has 0 aromatic carbocycles. The second-order valence-corrected chi connectivity index (χ2v) is 5.03. The van der Waals surface area contributed by atoms with Crippen LogP contribution in [0.4, 0.5) is 10.5 Å². The van der Waals surface area contributed by atoms with Crippen molar-refractivity contribution >= 4 is 17.7 Å². The molecule has 1 aliphatic heterocycles. The number of piperazine rings is 1. The van der Waals surface area contributed by atoms with Gasteiger partial charge in [-0.2, -0.15) is 5.26 Å². The minimum atomic E-state index is -0.944. The lowest BCUT2D eigenvalue weighted by Crippen LogP contribution is -2.53. The van der Waals surface area contributed by atoms with E-state index in [0.29, 0.717) is 25.3 Å². The summed E-state index contributed by atoms with van der Waals surface area (Å²) in [7, 11) is 1.50. The van der Waals surface area contributed by atoms with Gasteiger partial charge in [0.15, 0.2) is 5.69 Å². The Morgan fingerprint density at radius 3 is 2.73 bits per heavy atom. The maximum Gasteiger partial charge on any atom is 0.407 e. The Morgan fingerprint density at radius 1 is 1.45 bits per heavy atom. The summed E-state index contributed by atoms with van der Waals surface area (Å²) < 4.78 is 0. The van der Waals surface area contributed by atoms with Crippen molar-refractivity contribution in [2.75, 3.05) is 31.6 Å². The van der Waals surface area contributed by atoms with Crippen LogP contribution in [0, 0.1) is 11.3 Å². The largest absolute Gasteiger partial charge is 0.465 e. The molecule has 0 saturated carbocycles. The van der Waals surface area contributed by atoms with Crippen LogP contribution in [-0.2, 0) is 0 Å². The number of anilines is 1. The lowest BCUT2D eigenvalue weighted by molar-refractivity contribution is 0.0958. The van der Waals surface area contributed by atoms with Crippen molar-refractivity contribution in [3.05, 3.63) is 23.5 Å². The fourth-order valence-corrected chi connectivity index (χ4v) is 2.51. The van der Waals surface area contributed by atoms with E-state index in [1.54, 1.807) is 12.1 Å². The van der Waals surface area contributed by atoms with E-state index in [1.807, 2.05) is 17.9 Å². The van der Waals surface area contributed by atoms with E-state index in [0.717, 1.165) is 0 Å². The zero-order valence-electron chi connectivity index (χ0n) is 12.4.